The first-order valence-electron chi connectivity index (χ1n) is 6.24. The van der Waals surface area contributed by atoms with E-state index in [4.69, 9.17) is 5.73 Å². The molecule has 1 aromatic carbocycles. The number of aliphatic hydroxyl groups is 1. The molecule has 18 heavy (non-hydrogen) atoms. The molecule has 0 heterocycles. The highest BCUT2D eigenvalue weighted by Crippen LogP contribution is 2.15. The zero-order valence-electron chi connectivity index (χ0n) is 11.3. The molecule has 4 heteroatoms. The Hall–Kier alpha value is -1.39. The van der Waals surface area contributed by atoms with Crippen LogP contribution in [0.25, 0.3) is 0 Å². The highest BCUT2D eigenvalue weighted by Gasteiger charge is 2.19. The Morgan fingerprint density at radius 3 is 2.39 bits per heavy atom. The lowest BCUT2D eigenvalue weighted by atomic mass is 10.1. The van der Waals surface area contributed by atoms with E-state index in [1.807, 2.05) is 38.1 Å². The van der Waals surface area contributed by atoms with Crippen molar-refractivity contribution in [2.75, 3.05) is 13.1 Å². The summed E-state index contributed by atoms with van der Waals surface area (Å²) in [7, 11) is 0. The Morgan fingerprint density at radius 2 is 1.94 bits per heavy atom. The predicted octanol–water partition coefficient (Wildman–Crippen LogP) is 1.22. The molecule has 100 valence electrons. The summed E-state index contributed by atoms with van der Waals surface area (Å²) in [6, 6.07) is 7.12. The third-order valence-electron chi connectivity index (χ3n) is 2.94. The zero-order valence-corrected chi connectivity index (χ0v) is 11.3. The van der Waals surface area contributed by atoms with Gasteiger partial charge in [-0.25, -0.2) is 0 Å². The molecule has 0 spiro atoms. The summed E-state index contributed by atoms with van der Waals surface area (Å²) in [5, 5.41) is 10.1. The van der Waals surface area contributed by atoms with Gasteiger partial charge in [0.25, 0.3) is 0 Å². The minimum atomic E-state index is -0.673. The Balaban J connectivity index is 2.70. The summed E-state index contributed by atoms with van der Waals surface area (Å²) in [4.78, 5) is 13.4. The van der Waals surface area contributed by atoms with Gasteiger partial charge in [-0.15, -0.1) is 0 Å². The van der Waals surface area contributed by atoms with Gasteiger partial charge in [-0.1, -0.05) is 29.8 Å². The highest BCUT2D eigenvalue weighted by molar-refractivity contribution is 5.81. The molecule has 0 radical (unpaired) electrons. The molecule has 0 saturated carbocycles. The number of hydrogen-bond donors (Lipinski definition) is 2. The van der Waals surface area contributed by atoms with E-state index < -0.39 is 12.1 Å². The predicted molar refractivity (Wildman–Crippen MR) is 72.0 cm³/mol. The first-order chi connectivity index (χ1) is 8.45. The Kier molecular flexibility index (Phi) is 5.31. The summed E-state index contributed by atoms with van der Waals surface area (Å²) in [6.45, 7) is 6.35. The standard InChI is InChI=1S/C14H22N2O2/c1-4-16(14(18)11(3)15)9-13(17)12-7-5-10(2)6-8-12/h5-8,11,13,17H,4,9,15H2,1-3H3/t11-,13?/m0/s1. The number of carbonyl (C=O) groups is 1. The van der Waals surface area contributed by atoms with E-state index in [0.29, 0.717) is 6.54 Å². The topological polar surface area (TPSA) is 66.6 Å². The third-order valence-corrected chi connectivity index (χ3v) is 2.94. The summed E-state index contributed by atoms with van der Waals surface area (Å²) in [5.74, 6) is -0.135. The highest BCUT2D eigenvalue weighted by atomic mass is 16.3. The van der Waals surface area contributed by atoms with Crippen LogP contribution in [0.3, 0.4) is 0 Å². The SMILES string of the molecule is CCN(CC(O)c1ccc(C)cc1)C(=O)[C@H](C)N. The summed E-state index contributed by atoms with van der Waals surface area (Å²) in [6.07, 6.45) is -0.673. The van der Waals surface area contributed by atoms with Gasteiger partial charge >= 0.3 is 0 Å². The Bertz CT molecular complexity index is 387. The normalized spacial score (nSPS) is 14.1. The largest absolute Gasteiger partial charge is 0.387 e. The number of aryl methyl sites for hydroxylation is 1. The van der Waals surface area contributed by atoms with Crippen LogP contribution in [0.2, 0.25) is 0 Å². The number of nitrogens with two attached hydrogens (primary N) is 1. The summed E-state index contributed by atoms with van der Waals surface area (Å²) in [5.41, 5.74) is 7.53. The number of benzene rings is 1. The molecule has 0 aliphatic heterocycles. The lowest BCUT2D eigenvalue weighted by molar-refractivity contribution is -0.133. The van der Waals surface area contributed by atoms with Crippen molar-refractivity contribution in [3.8, 4) is 0 Å². The van der Waals surface area contributed by atoms with E-state index in [-0.39, 0.29) is 12.5 Å². The van der Waals surface area contributed by atoms with Crippen molar-refractivity contribution >= 4 is 5.91 Å². The van der Waals surface area contributed by atoms with Gasteiger partial charge in [0.05, 0.1) is 18.7 Å². The molecule has 0 fully saturated rings. The van der Waals surface area contributed by atoms with Crippen molar-refractivity contribution in [2.45, 2.75) is 32.9 Å². The van der Waals surface area contributed by atoms with Gasteiger partial charge in [-0.05, 0) is 26.3 Å². The molecule has 1 aromatic rings. The molecule has 3 N–H and O–H groups in total. The van der Waals surface area contributed by atoms with Gasteiger partial charge < -0.3 is 15.7 Å². The van der Waals surface area contributed by atoms with Gasteiger partial charge in [0.1, 0.15) is 0 Å². The number of aliphatic hydroxyl groups excluding tert-OH is 1. The lowest BCUT2D eigenvalue weighted by Gasteiger charge is -2.25. The molecule has 1 unspecified atom stereocenters. The fraction of sp³-hybridized carbons (Fsp3) is 0.500. The quantitative estimate of drug-likeness (QED) is 0.826. The van der Waals surface area contributed by atoms with Gasteiger partial charge in [-0.3, -0.25) is 4.79 Å². The van der Waals surface area contributed by atoms with Crippen LogP contribution in [0.4, 0.5) is 0 Å². The second kappa shape index (κ2) is 6.52. The fourth-order valence-corrected chi connectivity index (χ4v) is 1.77. The van der Waals surface area contributed by atoms with Gasteiger partial charge in [0, 0.05) is 6.54 Å². The Labute approximate surface area is 108 Å². The van der Waals surface area contributed by atoms with E-state index in [2.05, 4.69) is 0 Å². The van der Waals surface area contributed by atoms with Crippen LogP contribution in [0, 0.1) is 6.92 Å². The fourth-order valence-electron chi connectivity index (χ4n) is 1.77. The maximum Gasteiger partial charge on any atom is 0.239 e. The lowest BCUT2D eigenvalue weighted by Crippen LogP contribution is -2.43. The molecular formula is C14H22N2O2. The molecule has 1 amide bonds. The number of amides is 1. The van der Waals surface area contributed by atoms with E-state index in [1.165, 1.54) is 0 Å². The minimum Gasteiger partial charge on any atom is -0.387 e. The van der Waals surface area contributed by atoms with Gasteiger partial charge in [0.2, 0.25) is 5.91 Å². The molecular weight excluding hydrogens is 228 g/mol. The van der Waals surface area contributed by atoms with Crippen LogP contribution < -0.4 is 5.73 Å². The van der Waals surface area contributed by atoms with E-state index in [9.17, 15) is 9.90 Å². The molecule has 0 aromatic heterocycles. The van der Waals surface area contributed by atoms with Crippen molar-refractivity contribution < 1.29 is 9.90 Å². The van der Waals surface area contributed by atoms with E-state index in [1.54, 1.807) is 11.8 Å². The maximum absolute atomic E-state index is 11.8. The van der Waals surface area contributed by atoms with Crippen LogP contribution >= 0.6 is 0 Å². The Morgan fingerprint density at radius 1 is 1.39 bits per heavy atom. The van der Waals surface area contributed by atoms with Crippen LogP contribution in [-0.4, -0.2) is 35.0 Å². The number of carbonyl (C=O) groups excluding carboxylic acids is 1. The van der Waals surface area contributed by atoms with E-state index >= 15 is 0 Å². The molecule has 4 nitrogen and oxygen atoms in total. The second-order valence-corrected chi connectivity index (χ2v) is 4.59. The average molecular weight is 250 g/mol. The summed E-state index contributed by atoms with van der Waals surface area (Å²) >= 11 is 0. The molecule has 1 rings (SSSR count). The number of rotatable bonds is 5. The number of hydrogen-bond acceptors (Lipinski definition) is 3. The van der Waals surface area contributed by atoms with Crippen LogP contribution in [-0.2, 0) is 4.79 Å². The van der Waals surface area contributed by atoms with Crippen LogP contribution in [0.5, 0.6) is 0 Å². The van der Waals surface area contributed by atoms with Crippen molar-refractivity contribution in [1.82, 2.24) is 4.90 Å². The molecule has 0 saturated heterocycles. The van der Waals surface area contributed by atoms with Crippen molar-refractivity contribution in [3.05, 3.63) is 35.4 Å². The van der Waals surface area contributed by atoms with Crippen molar-refractivity contribution in [3.63, 3.8) is 0 Å². The number of nitrogens with zero attached hydrogens (tertiary/aromatic N) is 1. The molecule has 2 atom stereocenters. The molecule has 0 aliphatic rings. The smallest absolute Gasteiger partial charge is 0.239 e. The molecule has 0 aliphatic carbocycles. The average Bonchev–Trinajstić information content (AvgIpc) is 2.35. The second-order valence-electron chi connectivity index (χ2n) is 4.59. The van der Waals surface area contributed by atoms with Crippen LogP contribution in [0.1, 0.15) is 31.1 Å². The minimum absolute atomic E-state index is 0.135. The zero-order chi connectivity index (χ0) is 13.7. The first kappa shape index (κ1) is 14.7. The van der Waals surface area contributed by atoms with Crippen LogP contribution in [0.15, 0.2) is 24.3 Å². The van der Waals surface area contributed by atoms with Gasteiger partial charge in [-0.2, -0.15) is 0 Å². The third kappa shape index (κ3) is 3.82. The monoisotopic (exact) mass is 250 g/mol. The van der Waals surface area contributed by atoms with Gasteiger partial charge in [0.15, 0.2) is 0 Å². The van der Waals surface area contributed by atoms with Crippen molar-refractivity contribution in [2.24, 2.45) is 5.73 Å². The summed E-state index contributed by atoms with van der Waals surface area (Å²) < 4.78 is 0. The maximum atomic E-state index is 11.8. The first-order valence-corrected chi connectivity index (χ1v) is 6.24. The van der Waals surface area contributed by atoms with Crippen molar-refractivity contribution in [1.29, 1.82) is 0 Å². The van der Waals surface area contributed by atoms with E-state index in [0.717, 1.165) is 11.1 Å². The number of likely N-dealkylation sites (N-methyl/N-ethyl adjacent to an activating group) is 1. The molecule has 0 bridgehead atoms.